The Morgan fingerprint density at radius 3 is 2.53 bits per heavy atom. The molecule has 1 aliphatic carbocycles. The van der Waals surface area contributed by atoms with Gasteiger partial charge in [-0.3, -0.25) is 9.69 Å². The number of carbonyl (C=O) groups is 1. The lowest BCUT2D eigenvalue weighted by atomic mass is 9.75. The maximum absolute atomic E-state index is 11.5. The van der Waals surface area contributed by atoms with Gasteiger partial charge >= 0.3 is 5.97 Å². The second-order valence-corrected chi connectivity index (χ2v) is 6.28. The largest absolute Gasteiger partial charge is 0.481 e. The van der Waals surface area contributed by atoms with E-state index in [1.807, 2.05) is 0 Å². The summed E-state index contributed by atoms with van der Waals surface area (Å²) < 4.78 is 0. The van der Waals surface area contributed by atoms with Gasteiger partial charge in [-0.1, -0.05) is 33.1 Å². The quantitative estimate of drug-likeness (QED) is 0.764. The van der Waals surface area contributed by atoms with Crippen LogP contribution in [0.25, 0.3) is 0 Å². The number of hydrogen-bond acceptors (Lipinski definition) is 2. The molecule has 3 nitrogen and oxygen atoms in total. The first kappa shape index (κ1) is 16.5. The molecular weight excluding hydrogens is 238 g/mol. The SMILES string of the molecule is CCCC1CCC(C(=O)O)C(N(C)C(C)CCC)C1. The van der Waals surface area contributed by atoms with E-state index in [0.717, 1.165) is 38.0 Å². The molecule has 0 aromatic heterocycles. The van der Waals surface area contributed by atoms with Crippen LogP contribution in [0.2, 0.25) is 0 Å². The van der Waals surface area contributed by atoms with E-state index in [1.165, 1.54) is 12.8 Å². The van der Waals surface area contributed by atoms with Crippen LogP contribution < -0.4 is 0 Å². The van der Waals surface area contributed by atoms with Crippen LogP contribution >= 0.6 is 0 Å². The standard InChI is InChI=1S/C16H31NO2/c1-5-7-12(3)17(4)15-11-13(8-6-2)9-10-14(15)16(18)19/h12-15H,5-11H2,1-4H3,(H,18,19). The van der Waals surface area contributed by atoms with Crippen molar-refractivity contribution in [2.75, 3.05) is 7.05 Å². The zero-order chi connectivity index (χ0) is 14.4. The lowest BCUT2D eigenvalue weighted by Crippen LogP contribution is -2.48. The summed E-state index contributed by atoms with van der Waals surface area (Å²) >= 11 is 0. The monoisotopic (exact) mass is 269 g/mol. The van der Waals surface area contributed by atoms with Crippen LogP contribution in [0.3, 0.4) is 0 Å². The molecule has 4 unspecified atom stereocenters. The minimum atomic E-state index is -0.601. The zero-order valence-corrected chi connectivity index (χ0v) is 13.1. The van der Waals surface area contributed by atoms with Gasteiger partial charge in [-0.05, 0) is 45.6 Å². The second kappa shape index (κ2) is 7.88. The second-order valence-electron chi connectivity index (χ2n) is 6.28. The number of carboxylic acids is 1. The minimum Gasteiger partial charge on any atom is -0.481 e. The van der Waals surface area contributed by atoms with Crippen molar-refractivity contribution in [3.05, 3.63) is 0 Å². The van der Waals surface area contributed by atoms with Crippen molar-refractivity contribution in [2.45, 2.75) is 77.8 Å². The van der Waals surface area contributed by atoms with Crippen molar-refractivity contribution in [2.24, 2.45) is 11.8 Å². The molecule has 0 amide bonds. The van der Waals surface area contributed by atoms with Crippen molar-refractivity contribution >= 4 is 5.97 Å². The number of nitrogens with zero attached hydrogens (tertiary/aromatic N) is 1. The molecule has 4 atom stereocenters. The van der Waals surface area contributed by atoms with E-state index in [9.17, 15) is 9.90 Å². The van der Waals surface area contributed by atoms with Crippen LogP contribution in [0.5, 0.6) is 0 Å². The molecule has 112 valence electrons. The van der Waals surface area contributed by atoms with Gasteiger partial charge in [-0.25, -0.2) is 0 Å². The average Bonchev–Trinajstić information content (AvgIpc) is 2.38. The minimum absolute atomic E-state index is 0.169. The van der Waals surface area contributed by atoms with E-state index in [-0.39, 0.29) is 12.0 Å². The number of aliphatic carboxylic acids is 1. The number of hydrogen-bond donors (Lipinski definition) is 1. The molecule has 0 aromatic carbocycles. The fraction of sp³-hybridized carbons (Fsp3) is 0.938. The van der Waals surface area contributed by atoms with Crippen molar-refractivity contribution < 1.29 is 9.90 Å². The molecule has 0 heterocycles. The first-order valence-corrected chi connectivity index (χ1v) is 7.95. The summed E-state index contributed by atoms with van der Waals surface area (Å²) in [6, 6.07) is 0.710. The van der Waals surface area contributed by atoms with E-state index in [1.54, 1.807) is 0 Å². The zero-order valence-electron chi connectivity index (χ0n) is 13.1. The van der Waals surface area contributed by atoms with Crippen molar-refractivity contribution in [3.63, 3.8) is 0 Å². The lowest BCUT2D eigenvalue weighted by molar-refractivity contribution is -0.146. The molecule has 0 bridgehead atoms. The van der Waals surface area contributed by atoms with Gasteiger partial charge < -0.3 is 5.11 Å². The Balaban J connectivity index is 2.73. The molecule has 1 aliphatic rings. The molecule has 1 fully saturated rings. The molecular formula is C16H31NO2. The highest BCUT2D eigenvalue weighted by atomic mass is 16.4. The molecule has 0 spiro atoms. The fourth-order valence-corrected chi connectivity index (χ4v) is 3.59. The maximum atomic E-state index is 11.5. The van der Waals surface area contributed by atoms with Crippen LogP contribution in [-0.2, 0) is 4.79 Å². The Labute approximate surface area is 118 Å². The van der Waals surface area contributed by atoms with Crippen LogP contribution in [0, 0.1) is 11.8 Å². The molecule has 1 saturated carbocycles. The van der Waals surface area contributed by atoms with Gasteiger partial charge in [-0.2, -0.15) is 0 Å². The van der Waals surface area contributed by atoms with Crippen LogP contribution in [-0.4, -0.2) is 35.1 Å². The Morgan fingerprint density at radius 1 is 1.32 bits per heavy atom. The topological polar surface area (TPSA) is 40.5 Å². The highest BCUT2D eigenvalue weighted by molar-refractivity contribution is 5.71. The number of carboxylic acid groups (broad SMARTS) is 1. The van der Waals surface area contributed by atoms with E-state index in [0.29, 0.717) is 6.04 Å². The Bertz CT molecular complexity index is 276. The van der Waals surface area contributed by atoms with Gasteiger partial charge in [0.05, 0.1) is 5.92 Å². The molecule has 0 aromatic rings. The first-order chi connectivity index (χ1) is 9.01. The molecule has 0 aliphatic heterocycles. The normalized spacial score (nSPS) is 29.4. The Hall–Kier alpha value is -0.570. The van der Waals surface area contributed by atoms with Gasteiger partial charge in [0.2, 0.25) is 0 Å². The van der Waals surface area contributed by atoms with Crippen LogP contribution in [0.4, 0.5) is 0 Å². The highest BCUT2D eigenvalue weighted by Crippen LogP contribution is 2.35. The van der Waals surface area contributed by atoms with Crippen LogP contribution in [0.1, 0.15) is 65.7 Å². The van der Waals surface area contributed by atoms with E-state index >= 15 is 0 Å². The Kier molecular flexibility index (Phi) is 6.84. The van der Waals surface area contributed by atoms with Gasteiger partial charge in [0.25, 0.3) is 0 Å². The van der Waals surface area contributed by atoms with Gasteiger partial charge in [0.1, 0.15) is 0 Å². The first-order valence-electron chi connectivity index (χ1n) is 7.95. The van der Waals surface area contributed by atoms with Gasteiger partial charge in [-0.15, -0.1) is 0 Å². The predicted molar refractivity (Wildman–Crippen MR) is 79.3 cm³/mol. The summed E-state index contributed by atoms with van der Waals surface area (Å²) in [5.74, 6) is -0.0465. The third-order valence-corrected chi connectivity index (χ3v) is 4.86. The van der Waals surface area contributed by atoms with E-state index in [2.05, 4.69) is 32.7 Å². The third kappa shape index (κ3) is 4.48. The summed E-state index contributed by atoms with van der Waals surface area (Å²) in [6.45, 7) is 6.65. The summed E-state index contributed by atoms with van der Waals surface area (Å²) in [4.78, 5) is 13.8. The van der Waals surface area contributed by atoms with E-state index < -0.39 is 5.97 Å². The van der Waals surface area contributed by atoms with Crippen molar-refractivity contribution in [3.8, 4) is 0 Å². The number of rotatable bonds is 7. The van der Waals surface area contributed by atoms with Crippen molar-refractivity contribution in [1.82, 2.24) is 4.90 Å². The summed E-state index contributed by atoms with van der Waals surface area (Å²) in [7, 11) is 2.12. The Morgan fingerprint density at radius 2 is 2.00 bits per heavy atom. The maximum Gasteiger partial charge on any atom is 0.308 e. The molecule has 19 heavy (non-hydrogen) atoms. The lowest BCUT2D eigenvalue weighted by Gasteiger charge is -2.42. The van der Waals surface area contributed by atoms with Crippen LogP contribution in [0.15, 0.2) is 0 Å². The molecule has 0 radical (unpaired) electrons. The fourth-order valence-electron chi connectivity index (χ4n) is 3.59. The predicted octanol–water partition coefficient (Wildman–Crippen LogP) is 3.78. The van der Waals surface area contributed by atoms with E-state index in [4.69, 9.17) is 0 Å². The highest BCUT2D eigenvalue weighted by Gasteiger charge is 2.37. The molecule has 0 saturated heterocycles. The summed E-state index contributed by atoms with van der Waals surface area (Å²) in [5, 5.41) is 9.46. The average molecular weight is 269 g/mol. The third-order valence-electron chi connectivity index (χ3n) is 4.86. The summed E-state index contributed by atoms with van der Waals surface area (Å²) in [6.07, 6.45) is 7.79. The van der Waals surface area contributed by atoms with Gasteiger partial charge in [0, 0.05) is 12.1 Å². The molecule has 1 rings (SSSR count). The van der Waals surface area contributed by atoms with Gasteiger partial charge in [0.15, 0.2) is 0 Å². The molecule has 1 N–H and O–H groups in total. The smallest absolute Gasteiger partial charge is 0.308 e. The molecule has 3 heteroatoms. The summed E-state index contributed by atoms with van der Waals surface area (Å²) in [5.41, 5.74) is 0. The van der Waals surface area contributed by atoms with Crippen molar-refractivity contribution in [1.29, 1.82) is 0 Å².